The van der Waals surface area contributed by atoms with E-state index in [1.54, 1.807) is 13.8 Å². The molecule has 0 aromatic rings. The van der Waals surface area contributed by atoms with Crippen LogP contribution in [0.5, 0.6) is 0 Å². The average molecular weight is 516 g/mol. The highest BCUT2D eigenvalue weighted by Crippen LogP contribution is 2.37. The number of hydrogen-bond acceptors (Lipinski definition) is 12. The summed E-state index contributed by atoms with van der Waals surface area (Å²) >= 11 is 0. The third-order valence-corrected chi connectivity index (χ3v) is 6.14. The highest BCUT2D eigenvalue weighted by atomic mass is 16.7. The molecule has 2 saturated heterocycles. The first-order valence-electron chi connectivity index (χ1n) is 11.3. The lowest BCUT2D eigenvalue weighted by Crippen LogP contribution is -2.59. The van der Waals surface area contributed by atoms with E-state index >= 15 is 0 Å². The van der Waals surface area contributed by atoms with Crippen molar-refractivity contribution < 1.29 is 52.4 Å². The zero-order chi connectivity index (χ0) is 27.6. The van der Waals surface area contributed by atoms with Crippen molar-refractivity contribution in [2.75, 3.05) is 6.61 Å². The standard InChI is InChI=1S/C21H33N3O9.CO2/c1-9-10(2)17(23-24-22)21(32-16(9)8-28-13(5)25)33-19-12(4)29-20(31-15(7)27)11(3)18(19)30-14(6)26;2-1-3/h9-12,16-21H,8H2,1-7H3;/t9-,10-,11?,12?,16?,17?,18-,19+,20-,21+;/m0./s1. The number of esters is 3. The first-order valence-corrected chi connectivity index (χ1v) is 11.3. The lowest BCUT2D eigenvalue weighted by atomic mass is 9.82. The van der Waals surface area contributed by atoms with Crippen molar-refractivity contribution in [3.8, 4) is 0 Å². The number of ether oxygens (including phenoxy) is 6. The Morgan fingerprint density at radius 3 is 1.94 bits per heavy atom. The SMILES string of the molecule is CC(=O)OCC1O[C@H](O[C@@H]2C(C)O[C@@H](OC(C)=O)C(C)[C@@H]2OC(C)=O)C(N=[N+]=[N-])[C@@H](C)[C@@H]1C.O=C=O. The van der Waals surface area contributed by atoms with Gasteiger partial charge in [0.1, 0.15) is 18.8 Å². The van der Waals surface area contributed by atoms with Gasteiger partial charge in [-0.2, -0.15) is 9.59 Å². The predicted molar refractivity (Wildman–Crippen MR) is 117 cm³/mol. The molecule has 202 valence electrons. The molecule has 2 rings (SSSR count). The van der Waals surface area contributed by atoms with Gasteiger partial charge in [-0.25, -0.2) is 0 Å². The highest BCUT2D eigenvalue weighted by molar-refractivity contribution is 5.67. The Kier molecular flexibility index (Phi) is 12.5. The molecule has 0 N–H and O–H groups in total. The van der Waals surface area contributed by atoms with Crippen molar-refractivity contribution in [3.05, 3.63) is 10.4 Å². The van der Waals surface area contributed by atoms with Gasteiger partial charge in [-0.05, 0) is 24.3 Å². The van der Waals surface area contributed by atoms with Gasteiger partial charge in [0.15, 0.2) is 6.29 Å². The number of rotatable bonds is 7. The molecular weight excluding hydrogens is 482 g/mol. The maximum atomic E-state index is 11.8. The molecular formula is C22H33N3O11. The molecule has 0 bridgehead atoms. The number of carbonyl (C=O) groups is 3. The molecule has 10 atom stereocenters. The molecule has 0 aliphatic carbocycles. The summed E-state index contributed by atoms with van der Waals surface area (Å²) in [5.74, 6) is -2.33. The van der Waals surface area contributed by atoms with E-state index in [4.69, 9.17) is 43.5 Å². The van der Waals surface area contributed by atoms with E-state index < -0.39 is 66.9 Å². The molecule has 36 heavy (non-hydrogen) atoms. The van der Waals surface area contributed by atoms with E-state index in [0.29, 0.717) is 0 Å². The van der Waals surface area contributed by atoms with Crippen LogP contribution in [0.1, 0.15) is 48.5 Å². The van der Waals surface area contributed by atoms with E-state index in [1.807, 2.05) is 13.8 Å². The van der Waals surface area contributed by atoms with Gasteiger partial charge in [0.25, 0.3) is 0 Å². The Morgan fingerprint density at radius 2 is 1.44 bits per heavy atom. The van der Waals surface area contributed by atoms with E-state index in [-0.39, 0.29) is 24.6 Å². The van der Waals surface area contributed by atoms with Crippen LogP contribution in [0.25, 0.3) is 10.4 Å². The van der Waals surface area contributed by atoms with Crippen LogP contribution < -0.4 is 0 Å². The summed E-state index contributed by atoms with van der Waals surface area (Å²) in [4.78, 5) is 53.8. The number of nitrogens with zero attached hydrogens (tertiary/aromatic N) is 3. The third-order valence-electron chi connectivity index (χ3n) is 6.14. The van der Waals surface area contributed by atoms with Crippen LogP contribution in [0.2, 0.25) is 0 Å². The Morgan fingerprint density at radius 1 is 0.861 bits per heavy atom. The van der Waals surface area contributed by atoms with Crippen molar-refractivity contribution >= 4 is 24.1 Å². The second kappa shape index (κ2) is 14.5. The van der Waals surface area contributed by atoms with Crippen LogP contribution in [-0.4, -0.2) is 73.7 Å². The summed E-state index contributed by atoms with van der Waals surface area (Å²) in [6, 6.07) is -0.690. The normalized spacial score (nSPS) is 35.5. The predicted octanol–water partition coefficient (Wildman–Crippen LogP) is 1.90. The molecule has 0 saturated carbocycles. The molecule has 2 fully saturated rings. The zero-order valence-electron chi connectivity index (χ0n) is 21.3. The molecule has 14 nitrogen and oxygen atoms in total. The summed E-state index contributed by atoms with van der Waals surface area (Å²) in [6.07, 6.45) is -4.50. The fourth-order valence-electron chi connectivity index (χ4n) is 4.14. The van der Waals surface area contributed by atoms with E-state index in [0.717, 1.165) is 0 Å². The molecule has 2 heterocycles. The van der Waals surface area contributed by atoms with Crippen LogP contribution in [-0.2, 0) is 52.4 Å². The molecule has 2 aliphatic heterocycles. The third kappa shape index (κ3) is 8.58. The molecule has 0 amide bonds. The fraction of sp³-hybridized carbons (Fsp3) is 0.818. The first-order chi connectivity index (χ1) is 16.9. The van der Waals surface area contributed by atoms with Gasteiger partial charge in [0.05, 0.1) is 24.2 Å². The summed E-state index contributed by atoms with van der Waals surface area (Å²) in [5, 5.41) is 3.88. The van der Waals surface area contributed by atoms with Crippen LogP contribution in [0, 0.1) is 17.8 Å². The minimum atomic E-state index is -1.01. The molecule has 0 aromatic carbocycles. The minimum Gasteiger partial charge on any atom is -0.463 e. The number of carbonyl (C=O) groups excluding carboxylic acids is 5. The van der Waals surface area contributed by atoms with Crippen LogP contribution in [0.15, 0.2) is 5.11 Å². The molecule has 2 aliphatic rings. The smallest absolute Gasteiger partial charge is 0.373 e. The topological polar surface area (TPSA) is 189 Å². The minimum absolute atomic E-state index is 0.0126. The lowest BCUT2D eigenvalue weighted by Gasteiger charge is -2.47. The van der Waals surface area contributed by atoms with E-state index in [9.17, 15) is 14.4 Å². The van der Waals surface area contributed by atoms with E-state index in [2.05, 4.69) is 10.0 Å². The maximum Gasteiger partial charge on any atom is 0.373 e. The first kappa shape index (κ1) is 31.0. The van der Waals surface area contributed by atoms with E-state index in [1.165, 1.54) is 20.8 Å². The van der Waals surface area contributed by atoms with Crippen molar-refractivity contribution in [1.29, 1.82) is 0 Å². The monoisotopic (exact) mass is 515 g/mol. The Labute approximate surface area is 208 Å². The fourth-order valence-corrected chi connectivity index (χ4v) is 4.14. The van der Waals surface area contributed by atoms with Crippen molar-refractivity contribution in [2.24, 2.45) is 22.9 Å². The highest BCUT2D eigenvalue weighted by Gasteiger charge is 2.50. The van der Waals surface area contributed by atoms with Gasteiger partial charge < -0.3 is 28.4 Å². The Bertz CT molecular complexity index is 856. The lowest BCUT2D eigenvalue weighted by molar-refractivity contribution is -0.320. The van der Waals surface area contributed by atoms with Gasteiger partial charge in [-0.1, -0.05) is 25.9 Å². The molecule has 0 aromatic heterocycles. The number of azide groups is 1. The molecule has 4 unspecified atom stereocenters. The Balaban J connectivity index is 0.00000205. The van der Waals surface area contributed by atoms with Gasteiger partial charge in [-0.3, -0.25) is 14.4 Å². The van der Waals surface area contributed by atoms with Crippen LogP contribution >= 0.6 is 0 Å². The van der Waals surface area contributed by atoms with Crippen molar-refractivity contribution in [1.82, 2.24) is 0 Å². The van der Waals surface area contributed by atoms with Crippen LogP contribution in [0.3, 0.4) is 0 Å². The summed E-state index contributed by atoms with van der Waals surface area (Å²) in [6.45, 7) is 11.1. The summed E-state index contributed by atoms with van der Waals surface area (Å²) in [5.41, 5.74) is 9.11. The van der Waals surface area contributed by atoms with Gasteiger partial charge in [0.2, 0.25) is 6.29 Å². The van der Waals surface area contributed by atoms with Gasteiger partial charge >= 0.3 is 24.1 Å². The van der Waals surface area contributed by atoms with Gasteiger partial charge in [-0.15, -0.1) is 0 Å². The second-order valence-electron chi connectivity index (χ2n) is 8.70. The van der Waals surface area contributed by atoms with Crippen molar-refractivity contribution in [2.45, 2.75) is 91.5 Å². The zero-order valence-corrected chi connectivity index (χ0v) is 21.3. The molecule has 0 spiro atoms. The second-order valence-corrected chi connectivity index (χ2v) is 8.70. The quantitative estimate of drug-likeness (QED) is 0.158. The number of hydrogen-bond donors (Lipinski definition) is 0. The van der Waals surface area contributed by atoms with Crippen LogP contribution in [0.4, 0.5) is 0 Å². The Hall–Kier alpha value is -3.02. The average Bonchev–Trinajstić information content (AvgIpc) is 2.77. The largest absolute Gasteiger partial charge is 0.463 e. The summed E-state index contributed by atoms with van der Waals surface area (Å²) in [7, 11) is 0. The van der Waals surface area contributed by atoms with Crippen molar-refractivity contribution in [3.63, 3.8) is 0 Å². The molecule has 14 heteroatoms. The van der Waals surface area contributed by atoms with Gasteiger partial charge in [0, 0.05) is 25.7 Å². The molecule has 0 radical (unpaired) electrons. The maximum absolute atomic E-state index is 11.8. The summed E-state index contributed by atoms with van der Waals surface area (Å²) < 4.78 is 34.0.